The van der Waals surface area contributed by atoms with Crippen molar-refractivity contribution in [2.45, 2.75) is 15.2 Å². The lowest BCUT2D eigenvalue weighted by Gasteiger charge is -2.46. The molecule has 1 aliphatic heterocycles. The first-order valence-electron chi connectivity index (χ1n) is 23.4. The molecule has 0 amide bonds. The second kappa shape index (κ2) is 15.4. The Hall–Kier alpha value is -8.37. The zero-order valence-corrected chi connectivity index (χ0v) is 37.9. The topological polar surface area (TPSA) is 8.17 Å². The van der Waals surface area contributed by atoms with Gasteiger partial charge < -0.3 is 9.47 Å². The van der Waals surface area contributed by atoms with Crippen molar-refractivity contribution in [3.63, 3.8) is 0 Å². The maximum Gasteiger partial charge on any atom is 0.0736 e. The third-order valence-corrected chi connectivity index (χ3v) is 15.6. The molecule has 14 rings (SSSR count). The van der Waals surface area contributed by atoms with Crippen LogP contribution in [-0.4, -0.2) is 4.57 Å². The summed E-state index contributed by atoms with van der Waals surface area (Å²) in [7, 11) is 0. The molecule has 1 unspecified atom stereocenters. The molecular weight excluding hydrogens is 841 g/mol. The average molecular weight is 883 g/mol. The Morgan fingerprint density at radius 2 is 0.926 bits per heavy atom. The van der Waals surface area contributed by atoms with Gasteiger partial charge in [-0.15, -0.1) is 0 Å². The molecule has 11 aromatic carbocycles. The number of benzene rings is 11. The van der Waals surface area contributed by atoms with Gasteiger partial charge in [-0.3, -0.25) is 0 Å². The predicted octanol–water partition coefficient (Wildman–Crippen LogP) is 17.6. The molecule has 1 aromatic heterocycles. The van der Waals surface area contributed by atoms with Crippen LogP contribution in [0.5, 0.6) is 0 Å². The number of nitrogens with zero attached hydrogens (tertiary/aromatic N) is 2. The van der Waals surface area contributed by atoms with E-state index in [0.717, 1.165) is 28.3 Å². The fourth-order valence-corrected chi connectivity index (χ4v) is 12.8. The van der Waals surface area contributed by atoms with Gasteiger partial charge in [-0.05, 0) is 116 Å². The molecule has 1 atom stereocenters. The smallest absolute Gasteiger partial charge is 0.0736 e. The number of aromatic nitrogens is 1. The molecular formula is C65H42N2S. The first-order valence-corrected chi connectivity index (χ1v) is 24.2. The van der Waals surface area contributed by atoms with E-state index in [9.17, 15) is 0 Å². The number of fused-ring (bicyclic) bond motifs is 11. The molecule has 12 aromatic rings. The van der Waals surface area contributed by atoms with Crippen LogP contribution in [0.4, 0.5) is 17.1 Å². The molecule has 1 aliphatic carbocycles. The van der Waals surface area contributed by atoms with E-state index in [1.54, 1.807) is 0 Å². The highest BCUT2D eigenvalue weighted by Crippen LogP contribution is 2.62. The minimum absolute atomic E-state index is 0.578. The van der Waals surface area contributed by atoms with E-state index >= 15 is 0 Å². The minimum atomic E-state index is -0.578. The average Bonchev–Trinajstić information content (AvgIpc) is 3.74. The van der Waals surface area contributed by atoms with E-state index < -0.39 is 5.41 Å². The van der Waals surface area contributed by atoms with Crippen molar-refractivity contribution in [3.05, 3.63) is 277 Å². The number of rotatable bonds is 6. The van der Waals surface area contributed by atoms with Gasteiger partial charge in [0.05, 0.1) is 27.8 Å². The number of anilines is 3. The summed E-state index contributed by atoms with van der Waals surface area (Å²) in [5.41, 5.74) is 18.8. The van der Waals surface area contributed by atoms with E-state index in [4.69, 9.17) is 0 Å². The lowest BCUT2D eigenvalue weighted by molar-refractivity contribution is 0.707. The summed E-state index contributed by atoms with van der Waals surface area (Å²) in [5.74, 6) is 0. The van der Waals surface area contributed by atoms with Crippen LogP contribution in [-0.2, 0) is 5.41 Å². The van der Waals surface area contributed by atoms with Gasteiger partial charge in [0.2, 0.25) is 0 Å². The van der Waals surface area contributed by atoms with E-state index in [1.807, 2.05) is 11.8 Å². The zero-order chi connectivity index (χ0) is 44.8. The Kier molecular flexibility index (Phi) is 8.77. The van der Waals surface area contributed by atoms with Gasteiger partial charge in [-0.2, -0.15) is 0 Å². The summed E-state index contributed by atoms with van der Waals surface area (Å²) in [6.45, 7) is 0. The molecule has 0 radical (unpaired) electrons. The van der Waals surface area contributed by atoms with Crippen molar-refractivity contribution >= 4 is 61.4 Å². The van der Waals surface area contributed by atoms with Crippen molar-refractivity contribution in [1.29, 1.82) is 0 Å². The van der Waals surface area contributed by atoms with Gasteiger partial charge in [0.15, 0.2) is 0 Å². The van der Waals surface area contributed by atoms with Gasteiger partial charge in [0, 0.05) is 43.1 Å². The third kappa shape index (κ3) is 5.66. The Morgan fingerprint density at radius 1 is 0.353 bits per heavy atom. The monoisotopic (exact) mass is 882 g/mol. The fraction of sp³-hybridized carbons (Fsp3) is 0.0154. The highest BCUT2D eigenvalue weighted by molar-refractivity contribution is 7.99. The van der Waals surface area contributed by atoms with E-state index in [2.05, 4.69) is 264 Å². The SMILES string of the molecule is c1ccc(-c2ccccc2N(c2ccc3c(c2)C2(c4ccccc4S3)c3ccccc3-c3cccc4cccc2c34)c2ccc3c(c2)c2ccccc2n3-c2ccccc2-c2ccccc2)cc1. The van der Waals surface area contributed by atoms with Gasteiger partial charge in [-0.1, -0.05) is 206 Å². The van der Waals surface area contributed by atoms with Crippen LogP contribution >= 0.6 is 11.8 Å². The molecule has 0 N–H and O–H groups in total. The standard InChI is InChI=1S/C65H42N2S/c1-3-19-43(20-4-1)48-25-8-13-33-58(48)66(46-37-39-61-53(41-46)51-28-10-15-35-60(51)67(61)59-34-14-9-26-49(59)44-21-5-2-6-22-44)47-38-40-63-57(42-47)65(55-31-12-16-36-62(55)68-63)54-30-11-7-27-50(54)52-29-17-23-45-24-18-32-56(65)64(45)52/h1-42H. The van der Waals surface area contributed by atoms with Crippen LogP contribution in [0.1, 0.15) is 22.3 Å². The van der Waals surface area contributed by atoms with Crippen LogP contribution in [0, 0.1) is 0 Å². The molecule has 0 fully saturated rings. The summed E-state index contributed by atoms with van der Waals surface area (Å²) in [5, 5.41) is 5.01. The number of hydrogen-bond acceptors (Lipinski definition) is 2. The molecule has 0 saturated carbocycles. The second-order valence-electron chi connectivity index (χ2n) is 17.9. The lowest BCUT2D eigenvalue weighted by Crippen LogP contribution is -2.36. The summed E-state index contributed by atoms with van der Waals surface area (Å²) in [4.78, 5) is 5.07. The normalized spacial score (nSPS) is 14.5. The second-order valence-corrected chi connectivity index (χ2v) is 19.0. The summed E-state index contributed by atoms with van der Waals surface area (Å²) in [6.07, 6.45) is 0. The molecule has 3 heteroatoms. The van der Waals surface area contributed by atoms with Crippen LogP contribution in [0.2, 0.25) is 0 Å². The Morgan fingerprint density at radius 3 is 1.76 bits per heavy atom. The molecule has 2 nitrogen and oxygen atoms in total. The van der Waals surface area contributed by atoms with Crippen molar-refractivity contribution < 1.29 is 0 Å². The van der Waals surface area contributed by atoms with E-state index in [0.29, 0.717) is 0 Å². The first-order chi connectivity index (χ1) is 33.8. The molecule has 2 aliphatic rings. The summed E-state index contributed by atoms with van der Waals surface area (Å²) in [6, 6.07) is 94.5. The molecule has 0 bridgehead atoms. The Balaban J connectivity index is 1.05. The minimum Gasteiger partial charge on any atom is -0.310 e. The Bertz CT molecular complexity index is 3960. The first kappa shape index (κ1) is 38.9. The number of hydrogen-bond donors (Lipinski definition) is 0. The van der Waals surface area contributed by atoms with E-state index in [-0.39, 0.29) is 0 Å². The van der Waals surface area contributed by atoms with Crippen LogP contribution in [0.3, 0.4) is 0 Å². The largest absolute Gasteiger partial charge is 0.310 e. The molecule has 68 heavy (non-hydrogen) atoms. The molecule has 2 heterocycles. The van der Waals surface area contributed by atoms with Crippen molar-refractivity contribution in [2.24, 2.45) is 0 Å². The highest BCUT2D eigenvalue weighted by atomic mass is 32.2. The highest BCUT2D eigenvalue weighted by Gasteiger charge is 2.48. The van der Waals surface area contributed by atoms with Gasteiger partial charge in [0.25, 0.3) is 0 Å². The van der Waals surface area contributed by atoms with Crippen molar-refractivity contribution in [2.75, 3.05) is 4.90 Å². The molecule has 318 valence electrons. The summed E-state index contributed by atoms with van der Waals surface area (Å²) < 4.78 is 2.45. The third-order valence-electron chi connectivity index (χ3n) is 14.4. The fourth-order valence-electron chi connectivity index (χ4n) is 11.7. The zero-order valence-electron chi connectivity index (χ0n) is 37.1. The maximum atomic E-state index is 2.52. The summed E-state index contributed by atoms with van der Waals surface area (Å²) >= 11 is 1.89. The Labute approximate surface area is 400 Å². The number of para-hydroxylation sites is 3. The molecule has 1 spiro atoms. The maximum absolute atomic E-state index is 2.52. The lowest BCUT2D eigenvalue weighted by atomic mass is 9.59. The van der Waals surface area contributed by atoms with Gasteiger partial charge in [-0.25, -0.2) is 0 Å². The van der Waals surface area contributed by atoms with Crippen LogP contribution in [0.25, 0.3) is 71.6 Å². The van der Waals surface area contributed by atoms with Crippen LogP contribution < -0.4 is 4.90 Å². The van der Waals surface area contributed by atoms with Gasteiger partial charge in [0.1, 0.15) is 0 Å². The van der Waals surface area contributed by atoms with Crippen molar-refractivity contribution in [3.8, 4) is 39.1 Å². The van der Waals surface area contributed by atoms with Gasteiger partial charge >= 0.3 is 0 Å². The molecule has 0 saturated heterocycles. The van der Waals surface area contributed by atoms with E-state index in [1.165, 1.54) is 92.5 Å². The predicted molar refractivity (Wildman–Crippen MR) is 285 cm³/mol. The van der Waals surface area contributed by atoms with Crippen LogP contribution in [0.15, 0.2) is 265 Å². The quantitative estimate of drug-likeness (QED) is 0.164. The van der Waals surface area contributed by atoms with Crippen molar-refractivity contribution in [1.82, 2.24) is 4.57 Å².